The van der Waals surface area contributed by atoms with Gasteiger partial charge in [0.1, 0.15) is 5.75 Å². The second-order valence-electron chi connectivity index (χ2n) is 4.71. The van der Waals surface area contributed by atoms with Crippen LogP contribution in [0, 0.1) is 0 Å². The molecule has 0 saturated heterocycles. The largest absolute Gasteiger partial charge is 0.494 e. The van der Waals surface area contributed by atoms with Crippen LogP contribution in [-0.2, 0) is 11.2 Å². The molecule has 0 aliphatic rings. The maximum atomic E-state index is 11.8. The molecule has 1 amide bonds. The summed E-state index contributed by atoms with van der Waals surface area (Å²) >= 11 is 4.22. The molecule has 0 aromatic heterocycles. The van der Waals surface area contributed by atoms with Gasteiger partial charge in [-0.3, -0.25) is 4.79 Å². The van der Waals surface area contributed by atoms with Crippen molar-refractivity contribution < 1.29 is 9.53 Å². The number of carbonyl (C=O) groups excluding carboxylic acids is 1. The second kappa shape index (κ2) is 8.37. The van der Waals surface area contributed by atoms with Gasteiger partial charge in [-0.1, -0.05) is 30.3 Å². The molecule has 2 aromatic rings. The molecule has 0 atom stereocenters. The van der Waals surface area contributed by atoms with Crippen molar-refractivity contribution in [2.45, 2.75) is 17.7 Å². The molecule has 0 heterocycles. The van der Waals surface area contributed by atoms with Crippen LogP contribution in [0.15, 0.2) is 59.5 Å². The van der Waals surface area contributed by atoms with E-state index in [9.17, 15) is 4.79 Å². The highest BCUT2D eigenvalue weighted by atomic mass is 32.1. The van der Waals surface area contributed by atoms with Gasteiger partial charge >= 0.3 is 0 Å². The van der Waals surface area contributed by atoms with Gasteiger partial charge in [0.25, 0.3) is 0 Å². The molecule has 0 aliphatic heterocycles. The van der Waals surface area contributed by atoms with E-state index in [1.54, 1.807) is 0 Å². The molecule has 110 valence electrons. The van der Waals surface area contributed by atoms with Crippen LogP contribution in [0.1, 0.15) is 12.0 Å². The number of hydrogen-bond donors (Lipinski definition) is 2. The third kappa shape index (κ3) is 5.92. The van der Waals surface area contributed by atoms with Crippen molar-refractivity contribution >= 4 is 18.5 Å². The highest BCUT2D eigenvalue weighted by molar-refractivity contribution is 7.80. The van der Waals surface area contributed by atoms with Crippen molar-refractivity contribution in [3.8, 4) is 5.75 Å². The Morgan fingerprint density at radius 3 is 2.48 bits per heavy atom. The molecule has 1 N–H and O–H groups in total. The number of benzene rings is 2. The Bertz CT molecular complexity index is 555. The standard InChI is InChI=1S/C17H19NO2S/c19-17(13-14-7-9-16(21)10-8-14)18-11-4-12-20-15-5-2-1-3-6-15/h1-3,5-10,21H,4,11-13H2,(H,18,19). The molecule has 0 fully saturated rings. The monoisotopic (exact) mass is 301 g/mol. The number of carbonyl (C=O) groups is 1. The Labute approximate surface area is 130 Å². The first-order valence-corrected chi connectivity index (χ1v) is 7.41. The lowest BCUT2D eigenvalue weighted by Crippen LogP contribution is -2.27. The maximum Gasteiger partial charge on any atom is 0.224 e. The zero-order valence-corrected chi connectivity index (χ0v) is 12.7. The normalized spacial score (nSPS) is 10.1. The van der Waals surface area contributed by atoms with Gasteiger partial charge in [-0.2, -0.15) is 0 Å². The first-order valence-electron chi connectivity index (χ1n) is 6.96. The number of nitrogens with one attached hydrogen (secondary N) is 1. The minimum atomic E-state index is 0.0293. The maximum absolute atomic E-state index is 11.8. The molecular formula is C17H19NO2S. The van der Waals surface area contributed by atoms with Crippen molar-refractivity contribution in [2.75, 3.05) is 13.2 Å². The molecule has 0 radical (unpaired) electrons. The summed E-state index contributed by atoms with van der Waals surface area (Å²) in [6, 6.07) is 17.3. The number of thiol groups is 1. The average Bonchev–Trinajstić information content (AvgIpc) is 2.50. The first-order chi connectivity index (χ1) is 10.2. The van der Waals surface area contributed by atoms with Gasteiger partial charge < -0.3 is 10.1 Å². The Morgan fingerprint density at radius 2 is 1.76 bits per heavy atom. The lowest BCUT2D eigenvalue weighted by atomic mass is 10.1. The van der Waals surface area contributed by atoms with Gasteiger partial charge in [-0.15, -0.1) is 12.6 Å². The van der Waals surface area contributed by atoms with E-state index in [0.29, 0.717) is 19.6 Å². The van der Waals surface area contributed by atoms with Gasteiger partial charge in [0.15, 0.2) is 0 Å². The van der Waals surface area contributed by atoms with Crippen LogP contribution in [0.5, 0.6) is 5.75 Å². The van der Waals surface area contributed by atoms with E-state index < -0.39 is 0 Å². The highest BCUT2D eigenvalue weighted by Crippen LogP contribution is 2.09. The van der Waals surface area contributed by atoms with Crippen LogP contribution in [0.3, 0.4) is 0 Å². The molecule has 21 heavy (non-hydrogen) atoms. The minimum absolute atomic E-state index is 0.0293. The summed E-state index contributed by atoms with van der Waals surface area (Å²) in [5.74, 6) is 0.886. The summed E-state index contributed by atoms with van der Waals surface area (Å²) < 4.78 is 5.56. The van der Waals surface area contributed by atoms with E-state index in [1.165, 1.54) is 0 Å². The summed E-state index contributed by atoms with van der Waals surface area (Å²) in [5, 5.41) is 2.89. The zero-order valence-electron chi connectivity index (χ0n) is 11.8. The van der Waals surface area contributed by atoms with Crippen molar-refractivity contribution in [2.24, 2.45) is 0 Å². The van der Waals surface area contributed by atoms with Crippen LogP contribution in [0.25, 0.3) is 0 Å². The lowest BCUT2D eigenvalue weighted by Gasteiger charge is -2.07. The smallest absolute Gasteiger partial charge is 0.224 e. The number of hydrogen-bond acceptors (Lipinski definition) is 3. The molecule has 0 unspecified atom stereocenters. The third-order valence-electron chi connectivity index (χ3n) is 2.96. The van der Waals surface area contributed by atoms with Gasteiger partial charge in [-0.05, 0) is 36.2 Å². The molecule has 0 saturated carbocycles. The molecule has 0 aliphatic carbocycles. The van der Waals surface area contributed by atoms with Crippen LogP contribution >= 0.6 is 12.6 Å². The molecule has 2 aromatic carbocycles. The number of amides is 1. The lowest BCUT2D eigenvalue weighted by molar-refractivity contribution is -0.120. The van der Waals surface area contributed by atoms with Crippen LogP contribution in [0.2, 0.25) is 0 Å². The van der Waals surface area contributed by atoms with Gasteiger partial charge in [0, 0.05) is 11.4 Å². The SMILES string of the molecule is O=C(Cc1ccc(S)cc1)NCCCOc1ccccc1. The van der Waals surface area contributed by atoms with Crippen molar-refractivity contribution in [1.29, 1.82) is 0 Å². The van der Waals surface area contributed by atoms with E-state index in [4.69, 9.17) is 4.74 Å². The van der Waals surface area contributed by atoms with E-state index in [2.05, 4.69) is 17.9 Å². The fourth-order valence-corrected chi connectivity index (χ4v) is 2.02. The molecule has 4 heteroatoms. The molecule has 3 nitrogen and oxygen atoms in total. The van der Waals surface area contributed by atoms with E-state index in [-0.39, 0.29) is 5.91 Å². The zero-order chi connectivity index (χ0) is 14.9. The summed E-state index contributed by atoms with van der Waals surface area (Å²) in [6.07, 6.45) is 1.18. The average molecular weight is 301 g/mol. The number of ether oxygens (including phenoxy) is 1. The van der Waals surface area contributed by atoms with E-state index in [1.807, 2.05) is 54.6 Å². The number of rotatable bonds is 7. The van der Waals surface area contributed by atoms with Crippen molar-refractivity contribution in [3.63, 3.8) is 0 Å². The number of para-hydroxylation sites is 1. The molecule has 0 spiro atoms. The minimum Gasteiger partial charge on any atom is -0.494 e. The molecule has 2 rings (SSSR count). The summed E-state index contributed by atoms with van der Waals surface area (Å²) in [5.41, 5.74) is 0.992. The van der Waals surface area contributed by atoms with Gasteiger partial charge in [0.05, 0.1) is 13.0 Å². The van der Waals surface area contributed by atoms with Crippen molar-refractivity contribution in [3.05, 3.63) is 60.2 Å². The Morgan fingerprint density at radius 1 is 1.05 bits per heavy atom. The second-order valence-corrected chi connectivity index (χ2v) is 5.22. The Hall–Kier alpha value is -1.94. The van der Waals surface area contributed by atoms with E-state index in [0.717, 1.165) is 22.6 Å². The predicted molar refractivity (Wildman–Crippen MR) is 87.0 cm³/mol. The predicted octanol–water partition coefficient (Wildman–Crippen LogP) is 3.10. The summed E-state index contributed by atoms with van der Waals surface area (Å²) in [4.78, 5) is 12.7. The van der Waals surface area contributed by atoms with Gasteiger partial charge in [0.2, 0.25) is 5.91 Å². The first kappa shape index (κ1) is 15.4. The highest BCUT2D eigenvalue weighted by Gasteiger charge is 2.02. The quantitative estimate of drug-likeness (QED) is 0.609. The Kier molecular flexibility index (Phi) is 6.16. The van der Waals surface area contributed by atoms with Crippen LogP contribution in [-0.4, -0.2) is 19.1 Å². The third-order valence-corrected chi connectivity index (χ3v) is 3.25. The van der Waals surface area contributed by atoms with Gasteiger partial charge in [-0.25, -0.2) is 0 Å². The van der Waals surface area contributed by atoms with Crippen LogP contribution < -0.4 is 10.1 Å². The van der Waals surface area contributed by atoms with E-state index >= 15 is 0 Å². The summed E-state index contributed by atoms with van der Waals surface area (Å²) in [7, 11) is 0. The van der Waals surface area contributed by atoms with Crippen molar-refractivity contribution in [1.82, 2.24) is 5.32 Å². The summed E-state index contributed by atoms with van der Waals surface area (Å²) in [6.45, 7) is 1.22. The molecular weight excluding hydrogens is 282 g/mol. The fourth-order valence-electron chi connectivity index (χ4n) is 1.87. The molecule has 0 bridgehead atoms. The Balaban J connectivity index is 1.60. The topological polar surface area (TPSA) is 38.3 Å². The fraction of sp³-hybridized carbons (Fsp3) is 0.235. The van der Waals surface area contributed by atoms with Crippen LogP contribution in [0.4, 0.5) is 0 Å².